The van der Waals surface area contributed by atoms with E-state index in [0.717, 1.165) is 50.1 Å². The van der Waals surface area contributed by atoms with Crippen LogP contribution >= 0.6 is 0 Å². The van der Waals surface area contributed by atoms with Gasteiger partial charge in [-0.05, 0) is 122 Å². The van der Waals surface area contributed by atoms with E-state index in [4.69, 9.17) is 4.42 Å². The van der Waals surface area contributed by atoms with Crippen LogP contribution in [0.25, 0.3) is 77.2 Å². The van der Waals surface area contributed by atoms with E-state index in [-0.39, 0.29) is 5.41 Å². The van der Waals surface area contributed by atoms with Crippen molar-refractivity contribution >= 4 is 49.8 Å². The third kappa shape index (κ3) is 6.15. The summed E-state index contributed by atoms with van der Waals surface area (Å²) in [7, 11) is 0. The fourth-order valence-corrected chi connectivity index (χ4v) is 11.3. The first-order chi connectivity index (χ1) is 31.0. The lowest BCUT2D eigenvalue weighted by molar-refractivity contribution is 0.445. The summed E-state index contributed by atoms with van der Waals surface area (Å²) >= 11 is 0. The van der Waals surface area contributed by atoms with E-state index >= 15 is 0 Å². The van der Waals surface area contributed by atoms with Crippen molar-refractivity contribution in [3.8, 4) is 44.5 Å². The van der Waals surface area contributed by atoms with Crippen molar-refractivity contribution in [3.05, 3.63) is 211 Å². The second-order valence-corrected chi connectivity index (χ2v) is 18.2. The van der Waals surface area contributed by atoms with Gasteiger partial charge in [-0.15, -0.1) is 0 Å². The average Bonchev–Trinajstić information content (AvgIpc) is 3.84. The third-order valence-electron chi connectivity index (χ3n) is 14.3. The third-order valence-corrected chi connectivity index (χ3v) is 14.3. The Labute approximate surface area is 370 Å². The zero-order valence-corrected chi connectivity index (χ0v) is 35.9. The number of benzene rings is 9. The van der Waals surface area contributed by atoms with Gasteiger partial charge < -0.3 is 9.32 Å². The van der Waals surface area contributed by atoms with Gasteiger partial charge in [-0.25, -0.2) is 0 Å². The lowest BCUT2D eigenvalue weighted by Gasteiger charge is -2.31. The minimum Gasteiger partial charge on any atom is -0.456 e. The molecule has 2 nitrogen and oxygen atoms in total. The molecule has 0 spiro atoms. The number of anilines is 3. The number of furan rings is 1. The predicted octanol–water partition coefficient (Wildman–Crippen LogP) is 17.6. The Morgan fingerprint density at radius 1 is 0.444 bits per heavy atom. The van der Waals surface area contributed by atoms with Crippen LogP contribution in [-0.4, -0.2) is 0 Å². The number of para-hydroxylation sites is 3. The highest BCUT2D eigenvalue weighted by atomic mass is 16.3. The number of nitrogens with zero attached hydrogens (tertiary/aromatic N) is 1. The van der Waals surface area contributed by atoms with Crippen molar-refractivity contribution in [2.45, 2.75) is 57.3 Å². The molecule has 2 heteroatoms. The molecule has 1 aromatic heterocycles. The van der Waals surface area contributed by atoms with Gasteiger partial charge in [0.1, 0.15) is 11.2 Å². The number of hydrogen-bond acceptors (Lipinski definition) is 2. The van der Waals surface area contributed by atoms with Gasteiger partial charge in [0.25, 0.3) is 0 Å². The van der Waals surface area contributed by atoms with Gasteiger partial charge >= 0.3 is 0 Å². The van der Waals surface area contributed by atoms with E-state index in [1.54, 1.807) is 0 Å². The maximum absolute atomic E-state index is 6.41. The van der Waals surface area contributed by atoms with Crippen molar-refractivity contribution in [2.75, 3.05) is 4.90 Å². The van der Waals surface area contributed by atoms with Gasteiger partial charge in [-0.1, -0.05) is 185 Å². The Bertz CT molecular complexity index is 3370. The summed E-state index contributed by atoms with van der Waals surface area (Å²) in [5.74, 6) is 0.571. The first kappa shape index (κ1) is 37.6. The zero-order valence-electron chi connectivity index (χ0n) is 35.9. The van der Waals surface area contributed by atoms with Crippen molar-refractivity contribution in [1.29, 1.82) is 0 Å². The largest absolute Gasteiger partial charge is 0.456 e. The lowest BCUT2D eigenvalue weighted by Crippen LogP contribution is -2.15. The van der Waals surface area contributed by atoms with Crippen LogP contribution in [0.4, 0.5) is 17.1 Å². The zero-order chi connectivity index (χ0) is 42.1. The lowest BCUT2D eigenvalue weighted by atomic mass is 9.80. The van der Waals surface area contributed by atoms with Crippen molar-refractivity contribution in [1.82, 2.24) is 0 Å². The molecule has 1 heterocycles. The smallest absolute Gasteiger partial charge is 0.136 e. The molecule has 0 saturated heterocycles. The minimum absolute atomic E-state index is 0.111. The molecule has 12 rings (SSSR count). The van der Waals surface area contributed by atoms with Crippen LogP contribution in [0.3, 0.4) is 0 Å². The van der Waals surface area contributed by atoms with E-state index in [0.29, 0.717) is 5.92 Å². The van der Waals surface area contributed by atoms with E-state index in [1.165, 1.54) is 92.9 Å². The quantitative estimate of drug-likeness (QED) is 0.159. The normalized spacial score (nSPS) is 14.6. The van der Waals surface area contributed by atoms with Crippen LogP contribution < -0.4 is 4.90 Å². The van der Waals surface area contributed by atoms with E-state index in [1.807, 2.05) is 6.07 Å². The van der Waals surface area contributed by atoms with E-state index in [9.17, 15) is 0 Å². The monoisotopic (exact) mass is 811 g/mol. The van der Waals surface area contributed by atoms with Crippen LogP contribution in [0.5, 0.6) is 0 Å². The maximum Gasteiger partial charge on any atom is 0.136 e. The standard InChI is InChI=1S/C61H49NO/c1-61(2)53-31-10-6-25-48(53)49-37-36-43(39-54(49)61)45-24-7-11-32-55(45)62(44-23-14-22-42(38-44)47-29-17-35-58-60(47)52-27-9-13-34-57(52)63-58)56-33-12-8-26-50(56)51-30-16-21-41-20-15-28-46(59(41)51)40-18-4-3-5-19-40/h6-17,20-40H,3-5,18-19H2,1-2H3. The van der Waals surface area contributed by atoms with Crippen LogP contribution in [-0.2, 0) is 5.41 Å². The number of fused-ring (bicyclic) bond motifs is 7. The Morgan fingerprint density at radius 2 is 1.06 bits per heavy atom. The predicted molar refractivity (Wildman–Crippen MR) is 266 cm³/mol. The number of hydrogen-bond donors (Lipinski definition) is 0. The molecule has 0 aliphatic heterocycles. The highest BCUT2D eigenvalue weighted by Gasteiger charge is 2.35. The first-order valence-electron chi connectivity index (χ1n) is 22.8. The summed E-state index contributed by atoms with van der Waals surface area (Å²) < 4.78 is 6.41. The molecule has 9 aromatic carbocycles. The summed E-state index contributed by atoms with van der Waals surface area (Å²) in [5, 5.41) is 4.97. The molecule has 0 bridgehead atoms. The first-order valence-corrected chi connectivity index (χ1v) is 22.8. The van der Waals surface area contributed by atoms with Crippen molar-refractivity contribution < 1.29 is 4.42 Å². The highest BCUT2D eigenvalue weighted by Crippen LogP contribution is 2.52. The summed E-state index contributed by atoms with van der Waals surface area (Å²) in [4.78, 5) is 2.52. The Hall–Kier alpha value is -7.16. The molecule has 0 N–H and O–H groups in total. The molecule has 0 amide bonds. The SMILES string of the molecule is CC1(C)c2ccccc2-c2ccc(-c3ccccc3N(c3cccc(-c4cccc5oc6ccccc6c45)c3)c3ccccc3-c3cccc4cccc(C5CCCCC5)c34)cc21. The molecule has 1 fully saturated rings. The topological polar surface area (TPSA) is 16.4 Å². The summed E-state index contributed by atoms with van der Waals surface area (Å²) in [6, 6.07) is 72.0. The molecule has 0 radical (unpaired) electrons. The minimum atomic E-state index is -0.111. The van der Waals surface area contributed by atoms with E-state index < -0.39 is 0 Å². The average molecular weight is 812 g/mol. The second kappa shape index (κ2) is 15.0. The van der Waals surface area contributed by atoms with Gasteiger partial charge in [0, 0.05) is 33.0 Å². The molecule has 63 heavy (non-hydrogen) atoms. The fraction of sp³-hybridized carbons (Fsp3) is 0.148. The fourth-order valence-electron chi connectivity index (χ4n) is 11.3. The van der Waals surface area contributed by atoms with E-state index in [2.05, 4.69) is 207 Å². The molecule has 2 aliphatic carbocycles. The molecule has 0 unspecified atom stereocenters. The Kier molecular flexibility index (Phi) is 8.97. The summed E-state index contributed by atoms with van der Waals surface area (Å²) in [6.07, 6.45) is 6.44. The summed E-state index contributed by atoms with van der Waals surface area (Å²) in [5.41, 5.74) is 19.2. The van der Waals surface area contributed by atoms with Gasteiger partial charge in [0.2, 0.25) is 0 Å². The molecular weight excluding hydrogens is 763 g/mol. The van der Waals surface area contributed by atoms with Crippen LogP contribution in [0, 0.1) is 0 Å². The van der Waals surface area contributed by atoms with Gasteiger partial charge in [0.15, 0.2) is 0 Å². The molecule has 304 valence electrons. The molecule has 2 aliphatic rings. The van der Waals surface area contributed by atoms with Crippen molar-refractivity contribution in [3.63, 3.8) is 0 Å². The van der Waals surface area contributed by atoms with Gasteiger partial charge in [-0.3, -0.25) is 0 Å². The Balaban J connectivity index is 1.09. The second-order valence-electron chi connectivity index (χ2n) is 18.2. The maximum atomic E-state index is 6.41. The van der Waals surface area contributed by atoms with Crippen LogP contribution in [0.2, 0.25) is 0 Å². The molecule has 0 atom stereocenters. The Morgan fingerprint density at radius 3 is 1.92 bits per heavy atom. The van der Waals surface area contributed by atoms with Crippen LogP contribution in [0.15, 0.2) is 199 Å². The molecule has 10 aromatic rings. The molecular formula is C61H49NO. The number of rotatable bonds is 7. The van der Waals surface area contributed by atoms with Crippen LogP contribution in [0.1, 0.15) is 68.6 Å². The van der Waals surface area contributed by atoms with Gasteiger partial charge in [0.05, 0.1) is 11.4 Å². The molecule has 1 saturated carbocycles. The highest BCUT2D eigenvalue weighted by molar-refractivity contribution is 6.13. The summed E-state index contributed by atoms with van der Waals surface area (Å²) in [6.45, 7) is 4.74. The van der Waals surface area contributed by atoms with Gasteiger partial charge in [-0.2, -0.15) is 0 Å². The van der Waals surface area contributed by atoms with Crippen molar-refractivity contribution in [2.24, 2.45) is 0 Å².